The van der Waals surface area contributed by atoms with Gasteiger partial charge in [-0.25, -0.2) is 4.79 Å². The lowest BCUT2D eigenvalue weighted by Crippen LogP contribution is -2.35. The van der Waals surface area contributed by atoms with Crippen LogP contribution in [0, 0.1) is 0 Å². The smallest absolute Gasteiger partial charge is 0.336 e. The third-order valence-corrected chi connectivity index (χ3v) is 11.8. The summed E-state index contributed by atoms with van der Waals surface area (Å²) in [6, 6.07) is 32.8. The Labute approximate surface area is 386 Å². The lowest BCUT2D eigenvalue weighted by molar-refractivity contribution is 0.0697. The van der Waals surface area contributed by atoms with Gasteiger partial charge in [-0.05, 0) is 72.3 Å². The van der Waals surface area contributed by atoms with Crippen LogP contribution in [-0.4, -0.2) is 86.2 Å². The molecule has 4 aromatic heterocycles. The number of aromatic carboxylic acids is 1. The number of aromatic nitrogens is 4. The Morgan fingerprint density at radius 3 is 1.52 bits per heavy atom. The molecule has 0 fully saturated rings. The molecule has 2 aromatic carbocycles. The van der Waals surface area contributed by atoms with Crippen molar-refractivity contribution in [2.45, 2.75) is 26.2 Å². The third-order valence-electron chi connectivity index (χ3n) is 11.2. The number of carboxylic acids is 1. The number of halogens is 2. The van der Waals surface area contributed by atoms with Gasteiger partial charge in [-0.3, -0.25) is 34.5 Å². The molecule has 0 unspecified atom stereocenters. The molecule has 6 aromatic rings. The van der Waals surface area contributed by atoms with Crippen molar-refractivity contribution in [2.24, 2.45) is 0 Å². The van der Waals surface area contributed by atoms with Gasteiger partial charge in [-0.2, -0.15) is 0 Å². The second-order valence-corrected chi connectivity index (χ2v) is 16.5. The van der Waals surface area contributed by atoms with Crippen molar-refractivity contribution in [3.63, 3.8) is 0 Å². The van der Waals surface area contributed by atoms with Crippen LogP contribution in [0.15, 0.2) is 143 Å². The molecule has 0 radical (unpaired) electrons. The topological polar surface area (TPSA) is 152 Å². The average Bonchev–Trinajstić information content (AvgIpc) is 3.31. The number of hydrogen-bond donors (Lipinski definition) is 2. The molecule has 0 atom stereocenters. The first-order valence-electron chi connectivity index (χ1n) is 21.0. The van der Waals surface area contributed by atoms with Gasteiger partial charge in [-0.15, -0.1) is 0 Å². The van der Waals surface area contributed by atoms with Gasteiger partial charge < -0.3 is 24.4 Å². The Kier molecular flexibility index (Phi) is 14.0. The van der Waals surface area contributed by atoms with Crippen molar-refractivity contribution in [3.8, 4) is 28.2 Å². The Morgan fingerprint density at radius 2 is 1.06 bits per heavy atom. The highest BCUT2D eigenvalue weighted by atomic mass is 35.5. The molecule has 8 rings (SSSR count). The molecule has 13 nitrogen and oxygen atoms in total. The zero-order chi connectivity index (χ0) is 45.5. The number of phenols is 1. The van der Waals surface area contributed by atoms with Crippen LogP contribution in [0.25, 0.3) is 33.4 Å². The number of aromatic hydroxyl groups is 1. The lowest BCUT2D eigenvalue weighted by atomic mass is 9.89. The standard InChI is InChI=1S/C50H46Cl2N8O5/c1-57(23-25-59(29-33-13-5-9-19-53-33)30-34-14-6-10-20-54-34)44-46(61)41(51)27-39-43(37-17-3-4-18-38(37)50(63)64)40-28-42(52)47(62)45(49(40)65-48(39)44)58(2)24-26-60(31-35-15-7-11-21-55-35)32-36-16-8-12-22-56-36/h3-22,27-28,61H,23-26,29-32H2,1-2H3,(H,63,64). The van der Waals surface area contributed by atoms with E-state index >= 15 is 0 Å². The summed E-state index contributed by atoms with van der Waals surface area (Å²) >= 11 is 13.7. The van der Waals surface area contributed by atoms with Gasteiger partial charge in [0.1, 0.15) is 11.4 Å². The first-order valence-corrected chi connectivity index (χ1v) is 21.7. The number of anilines is 2. The number of nitrogens with zero attached hydrogens (tertiary/aromatic N) is 8. The van der Waals surface area contributed by atoms with Crippen LogP contribution < -0.4 is 15.2 Å². The molecule has 1 aliphatic heterocycles. The summed E-state index contributed by atoms with van der Waals surface area (Å²) in [6.07, 6.45) is 7.03. The van der Waals surface area contributed by atoms with Crippen LogP contribution in [-0.2, 0) is 26.2 Å². The van der Waals surface area contributed by atoms with Crippen molar-refractivity contribution in [1.82, 2.24) is 29.7 Å². The Morgan fingerprint density at radius 1 is 0.600 bits per heavy atom. The molecule has 5 heterocycles. The Balaban J connectivity index is 1.24. The summed E-state index contributed by atoms with van der Waals surface area (Å²) in [4.78, 5) is 53.5. The van der Waals surface area contributed by atoms with Crippen LogP contribution in [0.4, 0.5) is 11.4 Å². The highest BCUT2D eigenvalue weighted by Gasteiger charge is 2.31. The van der Waals surface area contributed by atoms with Gasteiger partial charge in [0.05, 0.1) is 38.4 Å². The van der Waals surface area contributed by atoms with E-state index in [9.17, 15) is 19.8 Å². The van der Waals surface area contributed by atoms with Crippen molar-refractivity contribution in [2.75, 3.05) is 50.1 Å². The maximum Gasteiger partial charge on any atom is 0.336 e. The number of carboxylic acid groups (broad SMARTS) is 1. The third kappa shape index (κ3) is 10.2. The van der Waals surface area contributed by atoms with Gasteiger partial charge in [0.15, 0.2) is 17.1 Å². The number of rotatable bonds is 18. The van der Waals surface area contributed by atoms with E-state index in [4.69, 9.17) is 27.6 Å². The molecule has 0 saturated carbocycles. The number of fused-ring (bicyclic) bond motifs is 2. The van der Waals surface area contributed by atoms with Gasteiger partial charge in [0.25, 0.3) is 0 Å². The van der Waals surface area contributed by atoms with Crippen molar-refractivity contribution < 1.29 is 19.4 Å². The van der Waals surface area contributed by atoms with E-state index < -0.39 is 11.4 Å². The lowest BCUT2D eigenvalue weighted by Gasteiger charge is -2.30. The molecule has 330 valence electrons. The minimum atomic E-state index is -1.16. The van der Waals surface area contributed by atoms with Crippen LogP contribution in [0.2, 0.25) is 10.0 Å². The normalized spacial score (nSPS) is 11.5. The first kappa shape index (κ1) is 44.7. The van der Waals surface area contributed by atoms with Crippen LogP contribution in [0.5, 0.6) is 5.75 Å². The zero-order valence-electron chi connectivity index (χ0n) is 35.8. The van der Waals surface area contributed by atoms with Crippen molar-refractivity contribution in [1.29, 1.82) is 0 Å². The minimum absolute atomic E-state index is 0.0111. The fourth-order valence-corrected chi connectivity index (χ4v) is 8.43. The Hall–Kier alpha value is -6.90. The summed E-state index contributed by atoms with van der Waals surface area (Å²) in [5.41, 5.74) is 4.82. The largest absolute Gasteiger partial charge is 0.504 e. The molecule has 0 saturated heterocycles. The fourth-order valence-electron chi connectivity index (χ4n) is 8.03. The van der Waals surface area contributed by atoms with Crippen LogP contribution in [0.1, 0.15) is 33.1 Å². The van der Waals surface area contributed by atoms with Gasteiger partial charge in [0.2, 0.25) is 5.43 Å². The van der Waals surface area contributed by atoms with E-state index in [0.717, 1.165) is 22.8 Å². The highest BCUT2D eigenvalue weighted by molar-refractivity contribution is 6.34. The summed E-state index contributed by atoms with van der Waals surface area (Å²) in [5, 5.41) is 22.7. The minimum Gasteiger partial charge on any atom is -0.504 e. The first-order chi connectivity index (χ1) is 31.5. The van der Waals surface area contributed by atoms with E-state index in [1.165, 1.54) is 12.1 Å². The quantitative estimate of drug-likeness (QED) is 0.0788. The van der Waals surface area contributed by atoms with E-state index in [0.29, 0.717) is 74.4 Å². The number of carbonyl (C=O) groups is 1. The molecular weight excluding hydrogens is 864 g/mol. The Bertz CT molecular complexity index is 2850. The number of benzene rings is 3. The summed E-state index contributed by atoms with van der Waals surface area (Å²) in [5.74, 6) is -1.24. The average molecular weight is 910 g/mol. The van der Waals surface area contributed by atoms with E-state index in [1.807, 2.05) is 84.7 Å². The molecule has 15 heteroatoms. The van der Waals surface area contributed by atoms with Crippen LogP contribution in [0.3, 0.4) is 0 Å². The fraction of sp³-hybridized carbons (Fsp3) is 0.200. The van der Waals surface area contributed by atoms with Gasteiger partial charge >= 0.3 is 5.97 Å². The molecule has 2 N–H and O–H groups in total. The predicted octanol–water partition coefficient (Wildman–Crippen LogP) is 9.13. The molecule has 0 spiro atoms. The van der Waals surface area contributed by atoms with Crippen molar-refractivity contribution >= 4 is 51.5 Å². The monoisotopic (exact) mass is 908 g/mol. The summed E-state index contributed by atoms with van der Waals surface area (Å²) < 4.78 is 6.91. The SMILES string of the molecule is CN(CCN(Cc1ccccn1)Cc1ccccn1)c1c2oc3c(N(C)CCN(Cc4ccccn4)Cc4ccccn4)c(O)c(Cl)cc3c(-c3ccccc3C(=O)O)c-2cc(Cl)c1=O. The van der Waals surface area contributed by atoms with Gasteiger partial charge in [0, 0.05) is 108 Å². The molecule has 0 amide bonds. The molecule has 2 aliphatic rings. The molecule has 65 heavy (non-hydrogen) atoms. The van der Waals surface area contributed by atoms with Crippen LogP contribution >= 0.6 is 23.2 Å². The molecule has 0 bridgehead atoms. The second kappa shape index (κ2) is 20.3. The van der Waals surface area contributed by atoms with E-state index in [2.05, 4.69) is 29.7 Å². The van der Waals surface area contributed by atoms with Gasteiger partial charge in [-0.1, -0.05) is 65.7 Å². The summed E-state index contributed by atoms with van der Waals surface area (Å²) in [7, 11) is 3.61. The number of phenolic OH excluding ortho intramolecular Hbond substituents is 1. The maximum atomic E-state index is 14.4. The second-order valence-electron chi connectivity index (χ2n) is 15.7. The number of hydrogen-bond acceptors (Lipinski definition) is 12. The zero-order valence-corrected chi connectivity index (χ0v) is 37.3. The van der Waals surface area contributed by atoms with Crippen molar-refractivity contribution in [3.05, 3.63) is 183 Å². The number of likely N-dealkylation sites (N-methyl/N-ethyl adjacent to an activating group) is 2. The predicted molar refractivity (Wildman–Crippen MR) is 255 cm³/mol. The van der Waals surface area contributed by atoms with E-state index in [-0.39, 0.29) is 44.1 Å². The molecule has 1 aliphatic carbocycles. The maximum absolute atomic E-state index is 14.4. The number of pyridine rings is 4. The highest BCUT2D eigenvalue weighted by Crippen LogP contribution is 2.51. The molecular formula is C50H46Cl2N8O5. The summed E-state index contributed by atoms with van der Waals surface area (Å²) in [6.45, 7) is 3.81. The van der Waals surface area contributed by atoms with E-state index in [1.54, 1.807) is 61.0 Å².